The first kappa shape index (κ1) is 9.47. The Balaban J connectivity index is 2.56. The molecule has 2 nitrogen and oxygen atoms in total. The normalized spacial score (nSPS) is 14.7. The molecule has 0 spiro atoms. The van der Waals surface area contributed by atoms with Gasteiger partial charge in [0.25, 0.3) is 0 Å². The number of halogens is 3. The zero-order valence-electron chi connectivity index (χ0n) is 6.01. The lowest BCUT2D eigenvalue weighted by Crippen LogP contribution is -2.20. The van der Waals surface area contributed by atoms with Gasteiger partial charge in [-0.2, -0.15) is 13.2 Å². The smallest absolute Gasteiger partial charge is 0.322 e. The van der Waals surface area contributed by atoms with Gasteiger partial charge in [-0.25, -0.2) is 4.98 Å². The number of hydrogen-bond donors (Lipinski definition) is 1. The van der Waals surface area contributed by atoms with Gasteiger partial charge in [0.2, 0.25) is 0 Å². The van der Waals surface area contributed by atoms with Crippen LogP contribution in [0.5, 0.6) is 0 Å². The van der Waals surface area contributed by atoms with Gasteiger partial charge in [0.05, 0.1) is 23.7 Å². The minimum Gasteiger partial charge on any atom is -0.322 e. The van der Waals surface area contributed by atoms with Crippen LogP contribution in [-0.2, 0) is 0 Å². The van der Waals surface area contributed by atoms with E-state index in [9.17, 15) is 13.2 Å². The number of rotatable bonds is 2. The number of aromatic nitrogens is 1. The van der Waals surface area contributed by atoms with Gasteiger partial charge in [-0.15, -0.1) is 11.3 Å². The van der Waals surface area contributed by atoms with Crippen molar-refractivity contribution >= 4 is 11.3 Å². The zero-order chi connectivity index (χ0) is 9.19. The minimum atomic E-state index is -4.22. The predicted octanol–water partition coefficient (Wildman–Crippen LogP) is 2.10. The van der Waals surface area contributed by atoms with E-state index in [0.29, 0.717) is 5.69 Å². The maximum atomic E-state index is 11.8. The van der Waals surface area contributed by atoms with Crippen molar-refractivity contribution in [1.82, 2.24) is 4.98 Å². The topological polar surface area (TPSA) is 38.9 Å². The highest BCUT2D eigenvalue weighted by molar-refractivity contribution is 7.07. The summed E-state index contributed by atoms with van der Waals surface area (Å²) in [6.07, 6.45) is -5.24. The second kappa shape index (κ2) is 3.40. The van der Waals surface area contributed by atoms with Crippen LogP contribution in [0.2, 0.25) is 0 Å². The zero-order valence-corrected chi connectivity index (χ0v) is 6.82. The van der Waals surface area contributed by atoms with Crippen LogP contribution in [-0.4, -0.2) is 11.2 Å². The van der Waals surface area contributed by atoms with E-state index in [1.807, 2.05) is 0 Å². The Kier molecular flexibility index (Phi) is 2.69. The third-order valence-corrected chi connectivity index (χ3v) is 1.89. The van der Waals surface area contributed by atoms with E-state index < -0.39 is 18.6 Å². The van der Waals surface area contributed by atoms with Crippen molar-refractivity contribution in [3.05, 3.63) is 16.6 Å². The molecule has 1 atom stereocenters. The lowest BCUT2D eigenvalue weighted by molar-refractivity contribution is -0.138. The van der Waals surface area contributed by atoms with Crippen LogP contribution >= 0.6 is 11.3 Å². The molecule has 0 aliphatic carbocycles. The first-order valence-electron chi connectivity index (χ1n) is 3.19. The summed E-state index contributed by atoms with van der Waals surface area (Å²) in [7, 11) is 0. The first-order chi connectivity index (χ1) is 5.49. The van der Waals surface area contributed by atoms with Gasteiger partial charge >= 0.3 is 6.18 Å². The lowest BCUT2D eigenvalue weighted by Gasteiger charge is -2.11. The van der Waals surface area contributed by atoms with Crippen molar-refractivity contribution in [3.8, 4) is 0 Å². The Hall–Kier alpha value is -0.620. The second-order valence-electron chi connectivity index (χ2n) is 2.34. The average Bonchev–Trinajstić information content (AvgIpc) is 2.32. The summed E-state index contributed by atoms with van der Waals surface area (Å²) in [5.41, 5.74) is 7.02. The minimum absolute atomic E-state index is 0.303. The largest absolute Gasteiger partial charge is 0.390 e. The molecule has 1 aromatic heterocycles. The lowest BCUT2D eigenvalue weighted by atomic mass is 10.2. The van der Waals surface area contributed by atoms with Crippen LogP contribution in [0.1, 0.15) is 18.2 Å². The molecule has 2 N–H and O–H groups in total. The number of thiazole rings is 1. The molecule has 0 saturated heterocycles. The molecule has 0 aliphatic rings. The Morgan fingerprint density at radius 2 is 2.25 bits per heavy atom. The molecule has 0 amide bonds. The van der Waals surface area contributed by atoms with Gasteiger partial charge in [0.1, 0.15) is 0 Å². The van der Waals surface area contributed by atoms with Crippen molar-refractivity contribution in [1.29, 1.82) is 0 Å². The van der Waals surface area contributed by atoms with Gasteiger partial charge in [-0.1, -0.05) is 0 Å². The summed E-state index contributed by atoms with van der Waals surface area (Å²) in [5.74, 6) is 0. The maximum Gasteiger partial charge on any atom is 0.390 e. The van der Waals surface area contributed by atoms with E-state index in [1.54, 1.807) is 0 Å². The summed E-state index contributed by atoms with van der Waals surface area (Å²) in [6.45, 7) is 0. The van der Waals surface area contributed by atoms with Crippen molar-refractivity contribution in [2.24, 2.45) is 5.73 Å². The molecule has 0 saturated carbocycles. The molecule has 6 heteroatoms. The molecule has 0 bridgehead atoms. The van der Waals surface area contributed by atoms with Gasteiger partial charge in [0, 0.05) is 5.38 Å². The molecule has 0 unspecified atom stereocenters. The van der Waals surface area contributed by atoms with Crippen LogP contribution in [0.4, 0.5) is 13.2 Å². The summed E-state index contributed by atoms with van der Waals surface area (Å²) in [6, 6.07) is -1.03. The fourth-order valence-corrected chi connectivity index (χ4v) is 1.38. The van der Waals surface area contributed by atoms with E-state index in [2.05, 4.69) is 4.98 Å². The molecule has 0 aromatic carbocycles. The Morgan fingerprint density at radius 1 is 1.58 bits per heavy atom. The van der Waals surface area contributed by atoms with E-state index >= 15 is 0 Å². The van der Waals surface area contributed by atoms with Crippen LogP contribution in [0, 0.1) is 0 Å². The molecule has 0 radical (unpaired) electrons. The molecular weight excluding hydrogens is 189 g/mol. The summed E-state index contributed by atoms with van der Waals surface area (Å²) in [4.78, 5) is 3.69. The van der Waals surface area contributed by atoms with Crippen molar-refractivity contribution in [2.45, 2.75) is 18.6 Å². The summed E-state index contributed by atoms with van der Waals surface area (Å²) >= 11 is 1.24. The SMILES string of the molecule is N[C@@H](CC(F)(F)F)c1cscn1. The van der Waals surface area contributed by atoms with Crippen molar-refractivity contribution in [3.63, 3.8) is 0 Å². The fraction of sp³-hybridized carbons (Fsp3) is 0.500. The predicted molar refractivity (Wildman–Crippen MR) is 39.7 cm³/mol. The number of nitrogens with two attached hydrogens (primary N) is 1. The molecule has 0 aliphatic heterocycles. The van der Waals surface area contributed by atoms with Crippen LogP contribution < -0.4 is 5.73 Å². The second-order valence-corrected chi connectivity index (χ2v) is 3.06. The fourth-order valence-electron chi connectivity index (χ4n) is 0.759. The van der Waals surface area contributed by atoms with Crippen molar-refractivity contribution < 1.29 is 13.2 Å². The third-order valence-electron chi connectivity index (χ3n) is 1.28. The Labute approximate surface area is 71.2 Å². The average molecular weight is 196 g/mol. The maximum absolute atomic E-state index is 11.8. The van der Waals surface area contributed by atoms with E-state index in [4.69, 9.17) is 5.73 Å². The first-order valence-corrected chi connectivity index (χ1v) is 4.14. The number of alkyl halides is 3. The molecular formula is C6H7F3N2S. The van der Waals surface area contributed by atoms with E-state index in [0.717, 1.165) is 0 Å². The monoisotopic (exact) mass is 196 g/mol. The molecule has 0 fully saturated rings. The van der Waals surface area contributed by atoms with Crippen molar-refractivity contribution in [2.75, 3.05) is 0 Å². The molecule has 68 valence electrons. The summed E-state index contributed by atoms with van der Waals surface area (Å²) < 4.78 is 35.4. The highest BCUT2D eigenvalue weighted by Crippen LogP contribution is 2.27. The van der Waals surface area contributed by atoms with Crippen LogP contribution in [0.25, 0.3) is 0 Å². The van der Waals surface area contributed by atoms with Gasteiger partial charge in [-0.05, 0) is 0 Å². The van der Waals surface area contributed by atoms with Gasteiger partial charge < -0.3 is 5.73 Å². The van der Waals surface area contributed by atoms with Gasteiger partial charge in [0.15, 0.2) is 0 Å². The molecule has 1 rings (SSSR count). The highest BCUT2D eigenvalue weighted by Gasteiger charge is 2.31. The molecule has 1 heterocycles. The van der Waals surface area contributed by atoms with E-state index in [-0.39, 0.29) is 0 Å². The standard InChI is InChI=1S/C6H7F3N2S/c7-6(8,9)1-4(10)5-2-12-3-11-5/h2-4H,1,10H2/t4-/m0/s1. The highest BCUT2D eigenvalue weighted by atomic mass is 32.1. The quantitative estimate of drug-likeness (QED) is 0.786. The van der Waals surface area contributed by atoms with Gasteiger partial charge in [-0.3, -0.25) is 0 Å². The molecule has 1 aromatic rings. The third kappa shape index (κ3) is 2.78. The van der Waals surface area contributed by atoms with Crippen LogP contribution in [0.15, 0.2) is 10.9 Å². The Bertz CT molecular complexity index is 231. The number of hydrogen-bond acceptors (Lipinski definition) is 3. The number of nitrogens with zero attached hydrogens (tertiary/aromatic N) is 1. The Morgan fingerprint density at radius 3 is 2.67 bits per heavy atom. The van der Waals surface area contributed by atoms with Crippen LogP contribution in [0.3, 0.4) is 0 Å². The molecule has 12 heavy (non-hydrogen) atoms. The van der Waals surface area contributed by atoms with E-state index in [1.165, 1.54) is 22.2 Å². The summed E-state index contributed by atoms with van der Waals surface area (Å²) in [5, 5.41) is 1.52.